The standard InChI is InChI=1S/C23H17F2NO3S/c1-30(27,28)17-12-10-16(11-13-17)22-23(21-18(24)8-5-9-19(21)25)29-20(26-22)14-15-6-3-2-4-7-15/h2-13H,14H2,1H3. The van der Waals surface area contributed by atoms with Crippen molar-refractivity contribution < 1.29 is 21.6 Å². The minimum Gasteiger partial charge on any atom is -0.439 e. The summed E-state index contributed by atoms with van der Waals surface area (Å²) in [4.78, 5) is 4.61. The van der Waals surface area contributed by atoms with Crippen LogP contribution in [0.1, 0.15) is 11.5 Å². The molecule has 0 N–H and O–H groups in total. The fourth-order valence-electron chi connectivity index (χ4n) is 3.15. The van der Waals surface area contributed by atoms with Crippen molar-refractivity contribution in [1.29, 1.82) is 0 Å². The molecule has 0 bridgehead atoms. The molecule has 4 nitrogen and oxygen atoms in total. The molecule has 7 heteroatoms. The number of benzene rings is 3. The summed E-state index contributed by atoms with van der Waals surface area (Å²) in [5, 5.41) is 0. The molecule has 0 atom stereocenters. The lowest BCUT2D eigenvalue weighted by Gasteiger charge is -2.05. The van der Waals surface area contributed by atoms with Gasteiger partial charge in [-0.15, -0.1) is 0 Å². The topological polar surface area (TPSA) is 60.2 Å². The summed E-state index contributed by atoms with van der Waals surface area (Å²) in [6.45, 7) is 0. The maximum atomic E-state index is 14.5. The molecule has 0 spiro atoms. The zero-order chi connectivity index (χ0) is 21.3. The van der Waals surface area contributed by atoms with Crippen molar-refractivity contribution in [3.8, 4) is 22.6 Å². The Morgan fingerprint density at radius 1 is 0.867 bits per heavy atom. The van der Waals surface area contributed by atoms with Gasteiger partial charge in [-0.3, -0.25) is 0 Å². The van der Waals surface area contributed by atoms with Crippen LogP contribution in [0.2, 0.25) is 0 Å². The number of rotatable bonds is 5. The van der Waals surface area contributed by atoms with Crippen LogP contribution in [0.4, 0.5) is 8.78 Å². The van der Waals surface area contributed by atoms with Crippen molar-refractivity contribution >= 4 is 9.84 Å². The van der Waals surface area contributed by atoms with E-state index in [1.807, 2.05) is 30.3 Å². The molecule has 0 unspecified atom stereocenters. The third-order valence-corrected chi connectivity index (χ3v) is 5.74. The maximum Gasteiger partial charge on any atom is 0.199 e. The average molecular weight is 425 g/mol. The summed E-state index contributed by atoms with van der Waals surface area (Å²) in [6, 6.07) is 18.9. The van der Waals surface area contributed by atoms with Gasteiger partial charge in [0.25, 0.3) is 0 Å². The second-order valence-corrected chi connectivity index (χ2v) is 8.86. The van der Waals surface area contributed by atoms with Crippen LogP contribution in [0, 0.1) is 11.6 Å². The third-order valence-electron chi connectivity index (χ3n) is 4.62. The Hall–Kier alpha value is -3.32. The van der Waals surface area contributed by atoms with Gasteiger partial charge in [-0.2, -0.15) is 0 Å². The number of aromatic nitrogens is 1. The van der Waals surface area contributed by atoms with Crippen molar-refractivity contribution in [3.05, 3.63) is 95.9 Å². The number of oxazole rings is 1. The van der Waals surface area contributed by atoms with Gasteiger partial charge in [0.1, 0.15) is 17.3 Å². The molecule has 30 heavy (non-hydrogen) atoms. The molecule has 0 aliphatic heterocycles. The van der Waals surface area contributed by atoms with Gasteiger partial charge >= 0.3 is 0 Å². The van der Waals surface area contributed by atoms with Gasteiger partial charge in [-0.05, 0) is 29.8 Å². The van der Waals surface area contributed by atoms with Crippen LogP contribution >= 0.6 is 0 Å². The Morgan fingerprint density at radius 2 is 1.50 bits per heavy atom. The predicted octanol–water partition coefficient (Wildman–Crippen LogP) is 5.28. The average Bonchev–Trinajstić information content (AvgIpc) is 3.11. The normalized spacial score (nSPS) is 11.6. The molecule has 0 saturated heterocycles. The van der Waals surface area contributed by atoms with Crippen LogP contribution in [0.3, 0.4) is 0 Å². The summed E-state index contributed by atoms with van der Waals surface area (Å²) >= 11 is 0. The fraction of sp³-hybridized carbons (Fsp3) is 0.0870. The van der Waals surface area contributed by atoms with Crippen molar-refractivity contribution in [2.75, 3.05) is 6.26 Å². The van der Waals surface area contributed by atoms with Gasteiger partial charge in [0.2, 0.25) is 0 Å². The lowest BCUT2D eigenvalue weighted by Crippen LogP contribution is -1.96. The van der Waals surface area contributed by atoms with E-state index in [9.17, 15) is 17.2 Å². The summed E-state index contributed by atoms with van der Waals surface area (Å²) < 4.78 is 58.2. The minimum absolute atomic E-state index is 0.0383. The molecule has 4 rings (SSSR count). The summed E-state index contributed by atoms with van der Waals surface area (Å²) in [7, 11) is -3.38. The first-order valence-electron chi connectivity index (χ1n) is 9.11. The van der Waals surface area contributed by atoms with Gasteiger partial charge in [0.05, 0.1) is 10.5 Å². The van der Waals surface area contributed by atoms with Gasteiger partial charge < -0.3 is 4.42 Å². The van der Waals surface area contributed by atoms with Crippen LogP contribution in [0.25, 0.3) is 22.6 Å². The zero-order valence-electron chi connectivity index (χ0n) is 16.0. The first kappa shape index (κ1) is 20.0. The van der Waals surface area contributed by atoms with Crippen molar-refractivity contribution in [2.45, 2.75) is 11.3 Å². The molecule has 1 heterocycles. The highest BCUT2D eigenvalue weighted by molar-refractivity contribution is 7.90. The Labute approximate surface area is 172 Å². The smallest absolute Gasteiger partial charge is 0.199 e. The number of hydrogen-bond acceptors (Lipinski definition) is 4. The summed E-state index contributed by atoms with van der Waals surface area (Å²) in [5.74, 6) is -1.29. The van der Waals surface area contributed by atoms with Gasteiger partial charge in [0.15, 0.2) is 21.5 Å². The van der Waals surface area contributed by atoms with Crippen LogP contribution in [0.5, 0.6) is 0 Å². The largest absolute Gasteiger partial charge is 0.439 e. The van der Waals surface area contributed by atoms with Crippen LogP contribution < -0.4 is 0 Å². The molecule has 0 aliphatic carbocycles. The van der Waals surface area contributed by atoms with Crippen LogP contribution in [-0.2, 0) is 16.3 Å². The fourth-order valence-corrected chi connectivity index (χ4v) is 3.78. The van der Waals surface area contributed by atoms with Gasteiger partial charge in [-0.1, -0.05) is 48.5 Å². The van der Waals surface area contributed by atoms with Crippen LogP contribution in [-0.4, -0.2) is 19.7 Å². The third kappa shape index (κ3) is 4.02. The molecule has 0 fully saturated rings. The Kier molecular flexibility index (Phi) is 5.22. The first-order chi connectivity index (χ1) is 14.3. The van der Waals surface area contributed by atoms with E-state index < -0.39 is 21.5 Å². The molecule has 0 amide bonds. The first-order valence-corrected chi connectivity index (χ1v) is 11.0. The van der Waals surface area contributed by atoms with Crippen molar-refractivity contribution in [3.63, 3.8) is 0 Å². The second-order valence-electron chi connectivity index (χ2n) is 6.84. The van der Waals surface area contributed by atoms with E-state index in [1.165, 1.54) is 18.2 Å². The molecular weight excluding hydrogens is 408 g/mol. The Morgan fingerprint density at radius 3 is 2.10 bits per heavy atom. The monoisotopic (exact) mass is 425 g/mol. The highest BCUT2D eigenvalue weighted by Gasteiger charge is 2.23. The number of sulfone groups is 1. The number of nitrogens with zero attached hydrogens (tertiary/aromatic N) is 1. The van der Waals surface area contributed by atoms with Gasteiger partial charge in [0, 0.05) is 18.2 Å². The predicted molar refractivity (Wildman–Crippen MR) is 110 cm³/mol. The van der Waals surface area contributed by atoms with Crippen molar-refractivity contribution in [2.24, 2.45) is 0 Å². The molecule has 4 aromatic rings. The van der Waals surface area contributed by atoms with E-state index in [2.05, 4.69) is 4.98 Å². The minimum atomic E-state index is -3.38. The van der Waals surface area contributed by atoms with Crippen molar-refractivity contribution in [1.82, 2.24) is 4.98 Å². The van der Waals surface area contributed by atoms with E-state index in [4.69, 9.17) is 4.42 Å². The lowest BCUT2D eigenvalue weighted by molar-refractivity contribution is 0.506. The highest BCUT2D eigenvalue weighted by atomic mass is 32.2. The van der Waals surface area contributed by atoms with Crippen LogP contribution in [0.15, 0.2) is 82.1 Å². The van der Waals surface area contributed by atoms with Gasteiger partial charge in [-0.25, -0.2) is 22.2 Å². The van der Waals surface area contributed by atoms with E-state index >= 15 is 0 Å². The Balaban J connectivity index is 1.85. The molecular formula is C23H17F2NO3S. The van der Waals surface area contributed by atoms with E-state index in [0.717, 1.165) is 24.0 Å². The molecule has 0 radical (unpaired) electrons. The summed E-state index contributed by atoms with van der Waals surface area (Å²) in [5.41, 5.74) is 1.35. The summed E-state index contributed by atoms with van der Waals surface area (Å²) in [6.07, 6.45) is 1.45. The molecule has 0 aliphatic rings. The molecule has 152 valence electrons. The van der Waals surface area contributed by atoms with E-state index in [1.54, 1.807) is 12.1 Å². The molecule has 1 aromatic heterocycles. The quantitative estimate of drug-likeness (QED) is 0.436. The van der Waals surface area contributed by atoms with E-state index in [0.29, 0.717) is 17.9 Å². The SMILES string of the molecule is CS(=O)(=O)c1ccc(-c2nc(Cc3ccccc3)oc2-c2c(F)cccc2F)cc1. The number of halogens is 2. The Bertz CT molecular complexity index is 1280. The highest BCUT2D eigenvalue weighted by Crippen LogP contribution is 2.36. The number of hydrogen-bond donors (Lipinski definition) is 0. The lowest BCUT2D eigenvalue weighted by atomic mass is 10.0. The van der Waals surface area contributed by atoms with E-state index in [-0.39, 0.29) is 21.9 Å². The maximum absolute atomic E-state index is 14.5. The molecule has 3 aromatic carbocycles. The zero-order valence-corrected chi connectivity index (χ0v) is 16.8. The molecule has 0 saturated carbocycles. The second kappa shape index (κ2) is 7.84.